The van der Waals surface area contributed by atoms with Crippen molar-refractivity contribution in [2.24, 2.45) is 0 Å². The second-order valence-corrected chi connectivity index (χ2v) is 15.3. The average Bonchev–Trinajstić information content (AvgIpc) is 4.02. The van der Waals surface area contributed by atoms with Gasteiger partial charge in [0.1, 0.15) is 0 Å². The molecule has 58 heavy (non-hydrogen) atoms. The molecule has 4 heterocycles. The van der Waals surface area contributed by atoms with Crippen molar-refractivity contribution in [3.63, 3.8) is 0 Å². The van der Waals surface area contributed by atoms with E-state index in [0.717, 1.165) is 11.4 Å². The van der Waals surface area contributed by atoms with Gasteiger partial charge >= 0.3 is 0 Å². The molecule has 0 unspecified atom stereocenters. The molecule has 0 saturated heterocycles. The highest BCUT2D eigenvalue weighted by Gasteiger charge is 2.24. The molecule has 0 aliphatic heterocycles. The highest BCUT2D eigenvalue weighted by molar-refractivity contribution is 6.27. The van der Waals surface area contributed by atoms with Crippen molar-refractivity contribution < 1.29 is 0 Å². The van der Waals surface area contributed by atoms with E-state index < -0.39 is 0 Å². The number of nitrogens with zero attached hydrogens (tertiary/aromatic N) is 4. The maximum Gasteiger partial charge on any atom is 0.0641 e. The molecule has 0 saturated carbocycles. The molecule has 0 atom stereocenters. The van der Waals surface area contributed by atoms with Crippen LogP contribution in [0.3, 0.4) is 0 Å². The number of aromatic nitrogens is 4. The zero-order valence-electron chi connectivity index (χ0n) is 31.4. The van der Waals surface area contributed by atoms with Crippen molar-refractivity contribution in [1.82, 2.24) is 18.3 Å². The van der Waals surface area contributed by atoms with Gasteiger partial charge in [0.15, 0.2) is 0 Å². The molecular weight excluding hydrogens is 705 g/mol. The van der Waals surface area contributed by atoms with Crippen LogP contribution in [0.1, 0.15) is 0 Å². The van der Waals surface area contributed by atoms with Crippen LogP contribution >= 0.6 is 0 Å². The Kier molecular flexibility index (Phi) is 6.41. The van der Waals surface area contributed by atoms with E-state index in [1.165, 1.54) is 98.6 Å². The third-order valence-corrected chi connectivity index (χ3v) is 12.3. The summed E-state index contributed by atoms with van der Waals surface area (Å²) in [4.78, 5) is 0. The minimum atomic E-state index is 1.15. The van der Waals surface area contributed by atoms with E-state index in [1.54, 1.807) is 0 Å². The van der Waals surface area contributed by atoms with E-state index in [-0.39, 0.29) is 0 Å². The van der Waals surface area contributed by atoms with Crippen molar-refractivity contribution in [2.75, 3.05) is 0 Å². The van der Waals surface area contributed by atoms with E-state index in [4.69, 9.17) is 0 Å². The zero-order valence-corrected chi connectivity index (χ0v) is 31.4. The Morgan fingerprint density at radius 1 is 0.207 bits per heavy atom. The molecule has 0 spiro atoms. The molecule has 270 valence electrons. The smallest absolute Gasteiger partial charge is 0.0641 e. The van der Waals surface area contributed by atoms with E-state index in [2.05, 4.69) is 225 Å². The van der Waals surface area contributed by atoms with Crippen LogP contribution in [-0.4, -0.2) is 18.3 Å². The monoisotopic (exact) mass is 738 g/mol. The van der Waals surface area contributed by atoms with Crippen LogP contribution in [0.15, 0.2) is 206 Å². The van der Waals surface area contributed by atoms with Crippen LogP contribution in [0.2, 0.25) is 0 Å². The molecule has 0 bridgehead atoms. The summed E-state index contributed by atoms with van der Waals surface area (Å²) >= 11 is 0. The molecule has 0 fully saturated rings. The van der Waals surface area contributed by atoms with Gasteiger partial charge in [0.25, 0.3) is 0 Å². The van der Waals surface area contributed by atoms with Gasteiger partial charge in [-0.25, -0.2) is 0 Å². The molecule has 0 radical (unpaired) electrons. The predicted molar refractivity (Wildman–Crippen MR) is 244 cm³/mol. The lowest BCUT2D eigenvalue weighted by molar-refractivity contribution is 1.17. The second-order valence-electron chi connectivity index (χ2n) is 15.3. The van der Waals surface area contributed by atoms with Crippen molar-refractivity contribution >= 4 is 87.2 Å². The fraction of sp³-hybridized carbons (Fsp3) is 0. The van der Waals surface area contributed by atoms with Crippen LogP contribution in [-0.2, 0) is 0 Å². The van der Waals surface area contributed by atoms with Crippen molar-refractivity contribution in [3.05, 3.63) is 206 Å². The largest absolute Gasteiger partial charge is 0.309 e. The van der Waals surface area contributed by atoms with E-state index in [9.17, 15) is 0 Å². The zero-order chi connectivity index (χ0) is 37.9. The third-order valence-electron chi connectivity index (χ3n) is 12.3. The molecule has 13 aromatic rings. The molecule has 0 aliphatic rings. The maximum absolute atomic E-state index is 2.51. The number of fused-ring (bicyclic) bond motifs is 13. The Labute approximate surface area is 333 Å². The molecule has 4 heteroatoms. The summed E-state index contributed by atoms with van der Waals surface area (Å²) in [5.74, 6) is 0. The maximum atomic E-state index is 2.51. The summed E-state index contributed by atoms with van der Waals surface area (Å²) in [6, 6.07) is 75.3. The molecule has 13 rings (SSSR count). The van der Waals surface area contributed by atoms with Crippen molar-refractivity contribution in [3.8, 4) is 22.7 Å². The van der Waals surface area contributed by atoms with Gasteiger partial charge in [-0.3, -0.25) is 0 Å². The SMILES string of the molecule is c1ccc(-n2c3ccccc3c3c(-n4c5ccccc5c5c(-n6c7ccccc7c7c6ccc6c8ccccc8n(-c8ccccc8)c67)cccc54)cccc32)cc1. The Balaban J connectivity index is 1.16. The van der Waals surface area contributed by atoms with Gasteiger partial charge in [-0.1, -0.05) is 127 Å². The van der Waals surface area contributed by atoms with Crippen LogP contribution in [0.5, 0.6) is 0 Å². The Bertz CT molecular complexity index is 3780. The fourth-order valence-electron chi connectivity index (χ4n) is 10.1. The summed E-state index contributed by atoms with van der Waals surface area (Å²) < 4.78 is 9.87. The van der Waals surface area contributed by atoms with E-state index in [1.807, 2.05) is 0 Å². The quantitative estimate of drug-likeness (QED) is 0.171. The average molecular weight is 739 g/mol. The van der Waals surface area contributed by atoms with E-state index in [0.29, 0.717) is 0 Å². The van der Waals surface area contributed by atoms with Gasteiger partial charge in [0.2, 0.25) is 0 Å². The molecular formula is C54H34N4. The number of hydrogen-bond acceptors (Lipinski definition) is 0. The molecule has 4 aromatic heterocycles. The Morgan fingerprint density at radius 3 is 1.14 bits per heavy atom. The summed E-state index contributed by atoms with van der Waals surface area (Å²) in [5, 5.41) is 9.94. The second kappa shape index (κ2) is 11.8. The van der Waals surface area contributed by atoms with Crippen LogP contribution in [0.4, 0.5) is 0 Å². The lowest BCUT2D eigenvalue weighted by Gasteiger charge is -2.13. The van der Waals surface area contributed by atoms with E-state index >= 15 is 0 Å². The number of rotatable bonds is 4. The first kappa shape index (κ1) is 31.4. The molecule has 0 amide bonds. The third kappa shape index (κ3) is 4.13. The highest BCUT2D eigenvalue weighted by atomic mass is 15.0. The normalized spacial score (nSPS) is 12.1. The Morgan fingerprint density at radius 2 is 0.586 bits per heavy atom. The first-order valence-electron chi connectivity index (χ1n) is 20.0. The van der Waals surface area contributed by atoms with Crippen molar-refractivity contribution in [1.29, 1.82) is 0 Å². The summed E-state index contributed by atoms with van der Waals surface area (Å²) in [5.41, 5.74) is 14.2. The molecule has 4 nitrogen and oxygen atoms in total. The van der Waals surface area contributed by atoms with Crippen LogP contribution in [0, 0.1) is 0 Å². The lowest BCUT2D eigenvalue weighted by atomic mass is 10.1. The van der Waals surface area contributed by atoms with Gasteiger partial charge in [-0.2, -0.15) is 0 Å². The predicted octanol–water partition coefficient (Wildman–Crippen LogP) is 14.1. The number of benzene rings is 9. The Hall–Kier alpha value is -7.82. The number of hydrogen-bond donors (Lipinski definition) is 0. The minimum Gasteiger partial charge on any atom is -0.309 e. The standard InChI is InChI=1S/C54H34N4/c1-3-17-35(18-4-1)55-43-26-12-8-22-39(43)51-46(55)29-15-30-47(51)57-44-27-13-9-23-40(44)52-48(57)31-16-32-49(52)58-45-28-14-10-24-41(45)53-50(58)34-33-38-37-21-7-11-25-42(37)56(54(38)53)36-19-5-2-6-20-36/h1-34H. The van der Waals surface area contributed by atoms with Gasteiger partial charge in [0.05, 0.1) is 55.5 Å². The fourth-order valence-corrected chi connectivity index (χ4v) is 10.1. The first-order valence-corrected chi connectivity index (χ1v) is 20.0. The molecule has 0 N–H and O–H groups in total. The summed E-state index contributed by atoms with van der Waals surface area (Å²) in [6.45, 7) is 0. The molecule has 9 aromatic carbocycles. The first-order chi connectivity index (χ1) is 28.8. The van der Waals surface area contributed by atoms with Crippen LogP contribution < -0.4 is 0 Å². The molecule has 0 aliphatic carbocycles. The minimum absolute atomic E-state index is 1.15. The topological polar surface area (TPSA) is 19.7 Å². The highest BCUT2D eigenvalue weighted by Crippen LogP contribution is 2.45. The van der Waals surface area contributed by atoms with Gasteiger partial charge in [-0.05, 0) is 78.9 Å². The lowest BCUT2D eigenvalue weighted by Crippen LogP contribution is -1.98. The summed E-state index contributed by atoms with van der Waals surface area (Å²) in [6.07, 6.45) is 0. The van der Waals surface area contributed by atoms with Gasteiger partial charge < -0.3 is 18.3 Å². The van der Waals surface area contributed by atoms with Gasteiger partial charge in [0, 0.05) is 54.5 Å². The van der Waals surface area contributed by atoms with Gasteiger partial charge in [-0.15, -0.1) is 0 Å². The summed E-state index contributed by atoms with van der Waals surface area (Å²) in [7, 11) is 0. The van der Waals surface area contributed by atoms with Crippen molar-refractivity contribution in [2.45, 2.75) is 0 Å². The number of para-hydroxylation sites is 6. The van der Waals surface area contributed by atoms with Crippen LogP contribution in [0.25, 0.3) is 110 Å².